The molecule has 0 amide bonds. The summed E-state index contributed by atoms with van der Waals surface area (Å²) >= 11 is 1.10. The molecule has 284 valence electrons. The molecule has 1 aliphatic rings. The van der Waals surface area contributed by atoms with Gasteiger partial charge in [0.25, 0.3) is 0 Å². The second kappa shape index (κ2) is 15.9. The number of carbonyl (C=O) groups is 4. The van der Waals surface area contributed by atoms with Crippen LogP contribution in [0.4, 0.5) is 0 Å². The van der Waals surface area contributed by atoms with Gasteiger partial charge in [0, 0.05) is 0 Å². The van der Waals surface area contributed by atoms with Crippen molar-refractivity contribution in [3.8, 4) is 0 Å². The lowest BCUT2D eigenvalue weighted by Crippen LogP contribution is -2.42. The molecule has 8 nitrogen and oxygen atoms in total. The molecule has 0 saturated carbocycles. The Morgan fingerprint density at radius 3 is 1.10 bits per heavy atom. The average molecular weight is 783 g/mol. The van der Waals surface area contributed by atoms with Gasteiger partial charge in [0.1, 0.15) is 6.61 Å². The Hall–Kier alpha value is -6.97. The predicted molar refractivity (Wildman–Crippen MR) is 225 cm³/mol. The minimum Gasteiger partial charge on any atom is -0.461 e. The fraction of sp³-hybridized carbons (Fsp3) is 0.102. The third kappa shape index (κ3) is 7.60. The van der Waals surface area contributed by atoms with E-state index in [2.05, 4.69) is 0 Å². The average Bonchev–Trinajstić information content (AvgIpc) is 3.58. The van der Waals surface area contributed by atoms with Crippen LogP contribution < -0.4 is 0 Å². The lowest BCUT2D eigenvalue weighted by atomic mass is 10.1. The number of hydrogen-bond acceptors (Lipinski definition) is 9. The number of thioether (sulfide) groups is 1. The van der Waals surface area contributed by atoms with Crippen molar-refractivity contribution in [1.82, 2.24) is 0 Å². The Balaban J connectivity index is 1.05. The van der Waals surface area contributed by atoms with Crippen LogP contribution in [-0.2, 0) is 18.9 Å². The quantitative estimate of drug-likeness (QED) is 0.105. The first-order chi connectivity index (χ1) is 28.4. The Morgan fingerprint density at radius 2 is 0.707 bits per heavy atom. The van der Waals surface area contributed by atoms with Crippen LogP contribution in [0, 0.1) is 0 Å². The maximum atomic E-state index is 14.0. The minimum absolute atomic E-state index is 0.250. The first-order valence-electron chi connectivity index (χ1n) is 18.8. The van der Waals surface area contributed by atoms with Gasteiger partial charge in [-0.3, -0.25) is 0 Å². The maximum Gasteiger partial charge on any atom is 0.339 e. The fourth-order valence-corrected chi connectivity index (χ4v) is 8.62. The molecule has 8 aromatic rings. The molecule has 4 unspecified atom stereocenters. The second-order valence-electron chi connectivity index (χ2n) is 14.0. The predicted octanol–water partition coefficient (Wildman–Crippen LogP) is 10.2. The summed E-state index contributed by atoms with van der Waals surface area (Å²) in [4.78, 5) is 55.4. The molecule has 9 heteroatoms. The standard InChI is InChI=1S/C49H34O8S/c50-45(38-21-17-30-9-1-5-13-34(30)25-38)54-29-42-43(55-46(51)39-22-18-31-10-2-6-14-35(31)26-39)44(56-47(52)40-23-19-32-11-3-7-15-36(32)27-40)49(58-42)57-48(53)41-24-20-33-12-4-8-16-37(33)28-41/h1-28,42-44,49H,29H2. The number of benzene rings is 8. The summed E-state index contributed by atoms with van der Waals surface area (Å²) in [6, 6.07) is 51.4. The zero-order chi connectivity index (χ0) is 39.6. The van der Waals surface area contributed by atoms with E-state index in [1.165, 1.54) is 0 Å². The molecule has 0 aromatic heterocycles. The van der Waals surface area contributed by atoms with E-state index in [0.29, 0.717) is 5.56 Å². The molecule has 0 aliphatic carbocycles. The van der Waals surface area contributed by atoms with Crippen molar-refractivity contribution in [2.75, 3.05) is 6.61 Å². The van der Waals surface area contributed by atoms with Crippen molar-refractivity contribution >= 4 is 78.7 Å². The molecule has 8 aromatic carbocycles. The van der Waals surface area contributed by atoms with Crippen molar-refractivity contribution in [2.24, 2.45) is 0 Å². The van der Waals surface area contributed by atoms with Crippen molar-refractivity contribution < 1.29 is 38.1 Å². The fourth-order valence-electron chi connectivity index (χ4n) is 7.25. The van der Waals surface area contributed by atoms with E-state index in [1.807, 2.05) is 121 Å². The summed E-state index contributed by atoms with van der Waals surface area (Å²) in [7, 11) is 0. The van der Waals surface area contributed by atoms with Gasteiger partial charge in [-0.15, -0.1) is 11.8 Å². The monoisotopic (exact) mass is 782 g/mol. The largest absolute Gasteiger partial charge is 0.461 e. The molecule has 0 N–H and O–H groups in total. The molecule has 0 radical (unpaired) electrons. The minimum atomic E-state index is -1.29. The Morgan fingerprint density at radius 1 is 0.379 bits per heavy atom. The summed E-state index contributed by atoms with van der Waals surface area (Å²) < 4.78 is 24.4. The Labute approximate surface area is 337 Å². The number of hydrogen-bond donors (Lipinski definition) is 0. The van der Waals surface area contributed by atoms with Gasteiger partial charge in [0.2, 0.25) is 0 Å². The number of carbonyl (C=O) groups excluding carboxylic acids is 4. The van der Waals surface area contributed by atoms with E-state index in [1.54, 1.807) is 48.5 Å². The van der Waals surface area contributed by atoms with Crippen LogP contribution in [0.2, 0.25) is 0 Å². The zero-order valence-corrected chi connectivity index (χ0v) is 31.7. The molecule has 1 fully saturated rings. The van der Waals surface area contributed by atoms with Gasteiger partial charge >= 0.3 is 23.9 Å². The molecule has 0 bridgehead atoms. The first-order valence-corrected chi connectivity index (χ1v) is 19.7. The zero-order valence-electron chi connectivity index (χ0n) is 30.9. The van der Waals surface area contributed by atoms with Gasteiger partial charge in [-0.25, -0.2) is 19.2 Å². The van der Waals surface area contributed by atoms with Gasteiger partial charge in [-0.1, -0.05) is 121 Å². The summed E-state index contributed by atoms with van der Waals surface area (Å²) in [5, 5.41) is 6.37. The molecule has 58 heavy (non-hydrogen) atoms. The third-order valence-corrected chi connectivity index (χ3v) is 11.7. The van der Waals surface area contributed by atoms with Crippen LogP contribution >= 0.6 is 11.8 Å². The van der Waals surface area contributed by atoms with Crippen LogP contribution in [0.15, 0.2) is 170 Å². The number of fused-ring (bicyclic) bond motifs is 4. The summed E-state index contributed by atoms with van der Waals surface area (Å²) in [5.41, 5.74) is 0.00262. The molecular formula is C49H34O8S. The van der Waals surface area contributed by atoms with Gasteiger partial charge in [-0.2, -0.15) is 0 Å². The highest BCUT2D eigenvalue weighted by Crippen LogP contribution is 2.41. The summed E-state index contributed by atoms with van der Waals surface area (Å²) in [6.07, 6.45) is -2.49. The lowest BCUT2D eigenvalue weighted by Gasteiger charge is -2.25. The smallest absolute Gasteiger partial charge is 0.339 e. The SMILES string of the molecule is O=C(OCC1SC(OC(=O)c2ccc3ccccc3c2)C(OC(=O)c2ccc3ccccc3c2)C1OC(=O)c1ccc2ccccc2c1)c1ccc2ccccc2c1. The maximum absolute atomic E-state index is 14.0. The number of rotatable bonds is 9. The van der Waals surface area contributed by atoms with E-state index in [0.717, 1.165) is 54.9 Å². The van der Waals surface area contributed by atoms with Gasteiger partial charge in [-0.05, 0) is 91.6 Å². The van der Waals surface area contributed by atoms with Gasteiger partial charge < -0.3 is 18.9 Å². The van der Waals surface area contributed by atoms with E-state index in [-0.39, 0.29) is 23.3 Å². The molecule has 9 rings (SSSR count). The molecular weight excluding hydrogens is 749 g/mol. The molecule has 4 atom stereocenters. The highest BCUT2D eigenvalue weighted by atomic mass is 32.2. The molecule has 0 spiro atoms. The van der Waals surface area contributed by atoms with E-state index in [4.69, 9.17) is 18.9 Å². The lowest BCUT2D eigenvalue weighted by molar-refractivity contribution is -0.0607. The van der Waals surface area contributed by atoms with Gasteiger partial charge in [0.05, 0.1) is 27.5 Å². The van der Waals surface area contributed by atoms with E-state index >= 15 is 0 Å². The Kier molecular flexibility index (Phi) is 10.0. The third-order valence-electron chi connectivity index (χ3n) is 10.3. The first kappa shape index (κ1) is 36.7. The van der Waals surface area contributed by atoms with Crippen molar-refractivity contribution in [3.63, 3.8) is 0 Å². The second-order valence-corrected chi connectivity index (χ2v) is 15.4. The molecule has 1 saturated heterocycles. The van der Waals surface area contributed by atoms with E-state index in [9.17, 15) is 19.2 Å². The molecule has 1 aliphatic heterocycles. The van der Waals surface area contributed by atoms with Crippen LogP contribution in [-0.4, -0.2) is 53.4 Å². The molecule has 1 heterocycles. The van der Waals surface area contributed by atoms with Crippen molar-refractivity contribution in [2.45, 2.75) is 22.9 Å². The van der Waals surface area contributed by atoms with E-state index < -0.39 is 46.8 Å². The number of esters is 4. The highest BCUT2D eigenvalue weighted by molar-refractivity contribution is 8.00. The topological polar surface area (TPSA) is 105 Å². The van der Waals surface area contributed by atoms with Gasteiger partial charge in [0.15, 0.2) is 17.6 Å². The van der Waals surface area contributed by atoms with Crippen LogP contribution in [0.3, 0.4) is 0 Å². The van der Waals surface area contributed by atoms with Crippen molar-refractivity contribution in [3.05, 3.63) is 192 Å². The normalized spacial score (nSPS) is 17.6. The highest BCUT2D eigenvalue weighted by Gasteiger charge is 2.52. The van der Waals surface area contributed by atoms with Crippen LogP contribution in [0.5, 0.6) is 0 Å². The van der Waals surface area contributed by atoms with Crippen LogP contribution in [0.25, 0.3) is 43.1 Å². The van der Waals surface area contributed by atoms with Crippen LogP contribution in [0.1, 0.15) is 41.4 Å². The summed E-state index contributed by atoms with van der Waals surface area (Å²) in [5.74, 6) is -2.64. The Bertz CT molecular complexity index is 2890. The summed E-state index contributed by atoms with van der Waals surface area (Å²) in [6.45, 7) is -0.250. The number of ether oxygens (including phenoxy) is 4. The van der Waals surface area contributed by atoms with Crippen molar-refractivity contribution in [1.29, 1.82) is 0 Å².